The predicted molar refractivity (Wildman–Crippen MR) is 112 cm³/mol. The maximum absolute atomic E-state index is 12.7. The van der Waals surface area contributed by atoms with Gasteiger partial charge >= 0.3 is 6.03 Å². The first kappa shape index (κ1) is 21.5. The minimum atomic E-state index is -3.51. The molecule has 2 aliphatic heterocycles. The standard InChI is InChI=1S/C19H28N4O5S2/c24-18(21-15-1-2-15)14-5-7-22(8-6-14)19(25)20-13-16-3-4-17(29-16)30(26,27)23-9-11-28-12-10-23/h3-4,14-15H,1-2,5-13H2,(H,20,25)(H,21,24). The van der Waals surface area contributed by atoms with Gasteiger partial charge in [0.15, 0.2) is 0 Å². The number of thiophene rings is 1. The van der Waals surface area contributed by atoms with Gasteiger partial charge in [-0.3, -0.25) is 4.79 Å². The van der Waals surface area contributed by atoms with E-state index in [1.165, 1.54) is 15.6 Å². The van der Waals surface area contributed by atoms with E-state index in [0.29, 0.717) is 58.3 Å². The van der Waals surface area contributed by atoms with E-state index in [1.54, 1.807) is 17.0 Å². The average Bonchev–Trinajstić information content (AvgIpc) is 3.45. The van der Waals surface area contributed by atoms with Crippen LogP contribution in [-0.4, -0.2) is 75.0 Å². The Morgan fingerprint density at radius 1 is 1.07 bits per heavy atom. The molecule has 11 heteroatoms. The molecule has 0 spiro atoms. The number of likely N-dealkylation sites (tertiary alicyclic amines) is 1. The molecule has 166 valence electrons. The number of sulfonamides is 1. The summed E-state index contributed by atoms with van der Waals surface area (Å²) in [6.45, 7) is 2.93. The van der Waals surface area contributed by atoms with E-state index in [0.717, 1.165) is 17.7 Å². The molecule has 3 heterocycles. The lowest BCUT2D eigenvalue weighted by molar-refractivity contribution is -0.126. The van der Waals surface area contributed by atoms with Crippen LogP contribution in [0.5, 0.6) is 0 Å². The molecule has 3 fully saturated rings. The predicted octanol–water partition coefficient (Wildman–Crippen LogP) is 0.969. The SMILES string of the molecule is O=C(NC1CC1)C1CCN(C(=O)NCc2ccc(S(=O)(=O)N3CCOCC3)s2)CC1. The highest BCUT2D eigenvalue weighted by Crippen LogP contribution is 2.26. The first-order chi connectivity index (χ1) is 14.4. The fourth-order valence-corrected chi connectivity index (χ4v) is 6.53. The molecular weight excluding hydrogens is 428 g/mol. The van der Waals surface area contributed by atoms with Crippen molar-refractivity contribution in [1.82, 2.24) is 19.8 Å². The molecule has 0 unspecified atom stereocenters. The van der Waals surface area contributed by atoms with Crippen LogP contribution in [0, 0.1) is 5.92 Å². The summed E-state index contributed by atoms with van der Waals surface area (Å²) < 4.78 is 32.3. The monoisotopic (exact) mass is 456 g/mol. The summed E-state index contributed by atoms with van der Waals surface area (Å²) >= 11 is 1.18. The van der Waals surface area contributed by atoms with Crippen LogP contribution in [0.15, 0.2) is 16.3 Å². The first-order valence-corrected chi connectivity index (χ1v) is 12.7. The molecule has 1 aliphatic carbocycles. The van der Waals surface area contributed by atoms with Crippen molar-refractivity contribution in [2.24, 2.45) is 5.92 Å². The van der Waals surface area contributed by atoms with E-state index >= 15 is 0 Å². The van der Waals surface area contributed by atoms with Crippen molar-refractivity contribution >= 4 is 33.3 Å². The lowest BCUT2D eigenvalue weighted by Gasteiger charge is -2.31. The Labute approximate surface area is 180 Å². The zero-order chi connectivity index (χ0) is 21.1. The van der Waals surface area contributed by atoms with Crippen molar-refractivity contribution in [3.8, 4) is 0 Å². The number of hydrogen-bond acceptors (Lipinski definition) is 6. The van der Waals surface area contributed by atoms with E-state index < -0.39 is 10.0 Å². The smallest absolute Gasteiger partial charge is 0.317 e. The van der Waals surface area contributed by atoms with Crippen LogP contribution in [0.3, 0.4) is 0 Å². The van der Waals surface area contributed by atoms with E-state index in [9.17, 15) is 18.0 Å². The van der Waals surface area contributed by atoms with Gasteiger partial charge in [-0.2, -0.15) is 4.31 Å². The van der Waals surface area contributed by atoms with Crippen LogP contribution in [0.4, 0.5) is 4.79 Å². The normalized spacial score (nSPS) is 21.4. The van der Waals surface area contributed by atoms with Crippen LogP contribution < -0.4 is 10.6 Å². The molecule has 2 saturated heterocycles. The largest absolute Gasteiger partial charge is 0.379 e. The third-order valence-corrected chi connectivity index (χ3v) is 9.14. The van der Waals surface area contributed by atoms with Crippen LogP contribution in [-0.2, 0) is 26.1 Å². The molecule has 2 N–H and O–H groups in total. The highest BCUT2D eigenvalue weighted by Gasteiger charge is 2.31. The summed E-state index contributed by atoms with van der Waals surface area (Å²) in [5.41, 5.74) is 0. The number of amides is 3. The highest BCUT2D eigenvalue weighted by molar-refractivity contribution is 7.91. The van der Waals surface area contributed by atoms with Crippen molar-refractivity contribution in [3.63, 3.8) is 0 Å². The number of hydrogen-bond donors (Lipinski definition) is 2. The van der Waals surface area contributed by atoms with Crippen molar-refractivity contribution < 1.29 is 22.7 Å². The number of carbonyl (C=O) groups is 2. The van der Waals surface area contributed by atoms with E-state index in [1.807, 2.05) is 0 Å². The molecule has 3 aliphatic rings. The lowest BCUT2D eigenvalue weighted by atomic mass is 9.96. The van der Waals surface area contributed by atoms with Crippen LogP contribution in [0.25, 0.3) is 0 Å². The van der Waals surface area contributed by atoms with Gasteiger partial charge < -0.3 is 20.3 Å². The first-order valence-electron chi connectivity index (χ1n) is 10.4. The molecule has 0 aromatic carbocycles. The van der Waals surface area contributed by atoms with Gasteiger partial charge in [0.05, 0.1) is 19.8 Å². The van der Waals surface area contributed by atoms with Gasteiger partial charge in [0.25, 0.3) is 10.0 Å². The van der Waals surface area contributed by atoms with Gasteiger partial charge in [0, 0.05) is 43.0 Å². The third kappa shape index (κ3) is 5.13. The molecule has 4 rings (SSSR count). The van der Waals surface area contributed by atoms with Gasteiger partial charge in [0.1, 0.15) is 4.21 Å². The summed E-state index contributed by atoms with van der Waals surface area (Å²) in [4.78, 5) is 27.1. The number of rotatable bonds is 6. The number of carbonyl (C=O) groups excluding carboxylic acids is 2. The number of urea groups is 1. The summed E-state index contributed by atoms with van der Waals surface area (Å²) in [7, 11) is -3.51. The Kier molecular flexibility index (Phi) is 6.61. The zero-order valence-electron chi connectivity index (χ0n) is 16.8. The second-order valence-corrected chi connectivity index (χ2v) is 11.3. The number of piperidine rings is 1. The zero-order valence-corrected chi connectivity index (χ0v) is 18.5. The fourth-order valence-electron chi connectivity index (χ4n) is 3.67. The summed E-state index contributed by atoms with van der Waals surface area (Å²) in [6, 6.07) is 3.52. The number of morpholine rings is 1. The van der Waals surface area contributed by atoms with Crippen molar-refractivity contribution in [2.75, 3.05) is 39.4 Å². The molecule has 1 saturated carbocycles. The Morgan fingerprint density at radius 3 is 2.43 bits per heavy atom. The Hall–Kier alpha value is -1.69. The maximum atomic E-state index is 12.7. The fraction of sp³-hybridized carbons (Fsp3) is 0.684. The number of nitrogens with one attached hydrogen (secondary N) is 2. The molecule has 0 radical (unpaired) electrons. The van der Waals surface area contributed by atoms with Crippen molar-refractivity contribution in [2.45, 2.75) is 42.5 Å². The third-order valence-electron chi connectivity index (χ3n) is 5.69. The van der Waals surface area contributed by atoms with E-state index in [2.05, 4.69) is 10.6 Å². The quantitative estimate of drug-likeness (QED) is 0.663. The highest BCUT2D eigenvalue weighted by atomic mass is 32.2. The van der Waals surface area contributed by atoms with Crippen LogP contribution in [0.2, 0.25) is 0 Å². The van der Waals surface area contributed by atoms with E-state index in [4.69, 9.17) is 4.74 Å². The minimum absolute atomic E-state index is 0.0140. The van der Waals surface area contributed by atoms with Crippen LogP contribution in [0.1, 0.15) is 30.6 Å². The van der Waals surface area contributed by atoms with E-state index in [-0.39, 0.29) is 28.6 Å². The molecule has 30 heavy (non-hydrogen) atoms. The molecule has 3 amide bonds. The van der Waals surface area contributed by atoms with Gasteiger partial charge in [-0.05, 0) is 37.8 Å². The number of ether oxygens (including phenoxy) is 1. The molecule has 9 nitrogen and oxygen atoms in total. The molecular formula is C19H28N4O5S2. The molecule has 0 bridgehead atoms. The number of nitrogens with zero attached hydrogens (tertiary/aromatic N) is 2. The molecule has 1 aromatic heterocycles. The van der Waals surface area contributed by atoms with Gasteiger partial charge in [-0.1, -0.05) is 0 Å². The maximum Gasteiger partial charge on any atom is 0.317 e. The van der Waals surface area contributed by atoms with Crippen LogP contribution >= 0.6 is 11.3 Å². The minimum Gasteiger partial charge on any atom is -0.379 e. The van der Waals surface area contributed by atoms with Gasteiger partial charge in [-0.25, -0.2) is 13.2 Å². The Balaban J connectivity index is 1.24. The van der Waals surface area contributed by atoms with Gasteiger partial charge in [0.2, 0.25) is 5.91 Å². The van der Waals surface area contributed by atoms with Crippen molar-refractivity contribution in [3.05, 3.63) is 17.0 Å². The van der Waals surface area contributed by atoms with Gasteiger partial charge in [-0.15, -0.1) is 11.3 Å². The second kappa shape index (κ2) is 9.21. The Bertz CT molecular complexity index is 869. The molecule has 1 aromatic rings. The molecule has 0 atom stereocenters. The lowest BCUT2D eigenvalue weighted by Crippen LogP contribution is -2.46. The topological polar surface area (TPSA) is 108 Å². The van der Waals surface area contributed by atoms with Crippen molar-refractivity contribution in [1.29, 1.82) is 0 Å². The average molecular weight is 457 g/mol. The summed E-state index contributed by atoms with van der Waals surface area (Å²) in [5.74, 6) is 0.102. The summed E-state index contributed by atoms with van der Waals surface area (Å²) in [6.07, 6.45) is 3.50. The summed E-state index contributed by atoms with van der Waals surface area (Å²) in [5, 5.41) is 5.90. The second-order valence-electron chi connectivity index (χ2n) is 7.94. The Morgan fingerprint density at radius 2 is 1.77 bits per heavy atom.